The first-order chi connectivity index (χ1) is 7.75. The van der Waals surface area contributed by atoms with E-state index < -0.39 is 0 Å². The molecule has 1 aliphatic rings. The number of benzene rings is 1. The molecule has 0 atom stereocenters. The third kappa shape index (κ3) is 1.33. The number of rotatable bonds is 1. The van der Waals surface area contributed by atoms with Crippen LogP contribution in [0.15, 0.2) is 23.0 Å². The second-order valence-electron chi connectivity index (χ2n) is 4.52. The highest BCUT2D eigenvalue weighted by molar-refractivity contribution is 5.79. The summed E-state index contributed by atoms with van der Waals surface area (Å²) in [6, 6.07) is 5.92. The average Bonchev–Trinajstić information content (AvgIpc) is 2.83. The number of hydrogen-bond acceptors (Lipinski definition) is 2. The molecule has 0 spiro atoms. The zero-order chi connectivity index (χ0) is 11.1. The number of aromatic amines is 1. The highest BCUT2D eigenvalue weighted by atomic mass is 16.1. The maximum absolute atomic E-state index is 11.9. The Morgan fingerprint density at radius 2 is 2.06 bits per heavy atom. The van der Waals surface area contributed by atoms with Crippen LogP contribution in [0.4, 0.5) is 5.69 Å². The summed E-state index contributed by atoms with van der Waals surface area (Å²) >= 11 is 0. The molecule has 1 aromatic carbocycles. The first-order valence-electron chi connectivity index (χ1n) is 5.75. The molecule has 1 saturated carbocycles. The van der Waals surface area contributed by atoms with Gasteiger partial charge in [-0.1, -0.05) is 12.8 Å². The minimum Gasteiger partial charge on any atom is -0.399 e. The van der Waals surface area contributed by atoms with Gasteiger partial charge < -0.3 is 10.7 Å². The molecule has 16 heavy (non-hydrogen) atoms. The zero-order valence-corrected chi connectivity index (χ0v) is 9.07. The molecule has 0 amide bonds. The van der Waals surface area contributed by atoms with Crippen LogP contribution in [-0.4, -0.2) is 9.55 Å². The van der Waals surface area contributed by atoms with Gasteiger partial charge in [0.2, 0.25) is 0 Å². The lowest BCUT2D eigenvalue weighted by molar-refractivity contribution is 0.518. The number of fused-ring (bicyclic) bond motifs is 1. The number of H-pyrrole nitrogens is 1. The van der Waals surface area contributed by atoms with Crippen LogP contribution in [0.2, 0.25) is 0 Å². The SMILES string of the molecule is Nc1ccc2[nH]c(=O)n(C3CCCC3)c2c1. The highest BCUT2D eigenvalue weighted by Gasteiger charge is 2.20. The van der Waals surface area contributed by atoms with Crippen LogP contribution in [0.25, 0.3) is 11.0 Å². The van der Waals surface area contributed by atoms with E-state index in [2.05, 4.69) is 4.98 Å². The van der Waals surface area contributed by atoms with Crippen molar-refractivity contribution in [2.45, 2.75) is 31.7 Å². The number of aromatic nitrogens is 2. The summed E-state index contributed by atoms with van der Waals surface area (Å²) < 4.78 is 1.87. The van der Waals surface area contributed by atoms with Gasteiger partial charge in [-0.05, 0) is 31.0 Å². The van der Waals surface area contributed by atoms with Crippen molar-refractivity contribution in [2.75, 3.05) is 5.73 Å². The molecule has 0 saturated heterocycles. The molecule has 3 N–H and O–H groups in total. The monoisotopic (exact) mass is 217 g/mol. The van der Waals surface area contributed by atoms with E-state index in [1.54, 1.807) is 0 Å². The molecule has 1 heterocycles. The van der Waals surface area contributed by atoms with Crippen molar-refractivity contribution in [3.8, 4) is 0 Å². The second kappa shape index (κ2) is 3.40. The van der Waals surface area contributed by atoms with Crippen LogP contribution < -0.4 is 11.4 Å². The zero-order valence-electron chi connectivity index (χ0n) is 9.07. The van der Waals surface area contributed by atoms with Gasteiger partial charge in [-0.2, -0.15) is 0 Å². The molecule has 1 fully saturated rings. The summed E-state index contributed by atoms with van der Waals surface area (Å²) in [5.41, 5.74) is 8.29. The third-order valence-corrected chi connectivity index (χ3v) is 3.43. The summed E-state index contributed by atoms with van der Waals surface area (Å²) in [7, 11) is 0. The summed E-state index contributed by atoms with van der Waals surface area (Å²) in [5, 5.41) is 0. The molecule has 0 unspecified atom stereocenters. The van der Waals surface area contributed by atoms with Crippen LogP contribution in [-0.2, 0) is 0 Å². The van der Waals surface area contributed by atoms with Crippen LogP contribution in [0.1, 0.15) is 31.7 Å². The predicted molar refractivity (Wildman–Crippen MR) is 64.5 cm³/mol. The summed E-state index contributed by atoms with van der Waals surface area (Å²) in [6.45, 7) is 0. The third-order valence-electron chi connectivity index (χ3n) is 3.43. The van der Waals surface area contributed by atoms with E-state index in [0.717, 1.165) is 23.9 Å². The van der Waals surface area contributed by atoms with Gasteiger partial charge in [0.1, 0.15) is 0 Å². The first-order valence-corrected chi connectivity index (χ1v) is 5.75. The molecule has 4 nitrogen and oxygen atoms in total. The maximum atomic E-state index is 11.9. The molecule has 84 valence electrons. The fraction of sp³-hybridized carbons (Fsp3) is 0.417. The number of imidazole rings is 1. The molecular formula is C12H15N3O. The lowest BCUT2D eigenvalue weighted by Crippen LogP contribution is -2.20. The minimum atomic E-state index is -0.00694. The van der Waals surface area contributed by atoms with Gasteiger partial charge in [0.05, 0.1) is 11.0 Å². The Bertz CT molecular complexity index is 575. The van der Waals surface area contributed by atoms with Crippen molar-refractivity contribution in [3.05, 3.63) is 28.7 Å². The fourth-order valence-electron chi connectivity index (χ4n) is 2.66. The lowest BCUT2D eigenvalue weighted by Gasteiger charge is -2.11. The molecule has 2 aromatic rings. The largest absolute Gasteiger partial charge is 0.399 e. The van der Waals surface area contributed by atoms with Gasteiger partial charge in [0.15, 0.2) is 0 Å². The summed E-state index contributed by atoms with van der Waals surface area (Å²) in [5.74, 6) is 0. The van der Waals surface area contributed by atoms with Gasteiger partial charge >= 0.3 is 5.69 Å². The van der Waals surface area contributed by atoms with Crippen LogP contribution in [0.3, 0.4) is 0 Å². The van der Waals surface area contributed by atoms with Crippen molar-refractivity contribution >= 4 is 16.7 Å². The number of nitrogens with zero attached hydrogens (tertiary/aromatic N) is 1. The van der Waals surface area contributed by atoms with Crippen molar-refractivity contribution in [1.82, 2.24) is 9.55 Å². The normalized spacial score (nSPS) is 17.2. The van der Waals surface area contributed by atoms with E-state index in [4.69, 9.17) is 5.73 Å². The van der Waals surface area contributed by atoms with E-state index in [-0.39, 0.29) is 5.69 Å². The molecule has 0 radical (unpaired) electrons. The van der Waals surface area contributed by atoms with E-state index in [0.29, 0.717) is 11.7 Å². The minimum absolute atomic E-state index is 0.00694. The smallest absolute Gasteiger partial charge is 0.326 e. The van der Waals surface area contributed by atoms with Crippen molar-refractivity contribution in [1.29, 1.82) is 0 Å². The fourth-order valence-corrected chi connectivity index (χ4v) is 2.66. The Kier molecular flexibility index (Phi) is 2.02. The average molecular weight is 217 g/mol. The Hall–Kier alpha value is -1.71. The maximum Gasteiger partial charge on any atom is 0.326 e. The van der Waals surface area contributed by atoms with E-state index in [1.165, 1.54) is 12.8 Å². The van der Waals surface area contributed by atoms with Crippen LogP contribution >= 0.6 is 0 Å². The molecule has 0 aliphatic heterocycles. The molecule has 1 aliphatic carbocycles. The number of hydrogen-bond donors (Lipinski definition) is 2. The number of nitrogens with one attached hydrogen (secondary N) is 1. The number of anilines is 1. The van der Waals surface area contributed by atoms with Gasteiger partial charge in [-0.15, -0.1) is 0 Å². The van der Waals surface area contributed by atoms with Gasteiger partial charge in [0.25, 0.3) is 0 Å². The molecule has 1 aromatic heterocycles. The highest BCUT2D eigenvalue weighted by Crippen LogP contribution is 2.30. The molecule has 4 heteroatoms. The van der Waals surface area contributed by atoms with E-state index >= 15 is 0 Å². The van der Waals surface area contributed by atoms with E-state index in [9.17, 15) is 4.79 Å². The van der Waals surface area contributed by atoms with Crippen molar-refractivity contribution < 1.29 is 0 Å². The number of nitrogen functional groups attached to an aromatic ring is 1. The summed E-state index contributed by atoms with van der Waals surface area (Å²) in [6.07, 6.45) is 4.63. The number of nitrogens with two attached hydrogens (primary N) is 1. The Morgan fingerprint density at radius 3 is 2.81 bits per heavy atom. The lowest BCUT2D eigenvalue weighted by atomic mass is 10.2. The van der Waals surface area contributed by atoms with E-state index in [1.807, 2.05) is 22.8 Å². The van der Waals surface area contributed by atoms with Crippen LogP contribution in [0, 0.1) is 0 Å². The Morgan fingerprint density at radius 1 is 1.31 bits per heavy atom. The quantitative estimate of drug-likeness (QED) is 0.718. The topological polar surface area (TPSA) is 63.8 Å². The van der Waals surface area contributed by atoms with Gasteiger partial charge in [-0.25, -0.2) is 4.79 Å². The predicted octanol–water partition coefficient (Wildman–Crippen LogP) is 2.03. The standard InChI is InChI=1S/C12H15N3O/c13-8-5-6-10-11(7-8)15(12(16)14-10)9-3-1-2-4-9/h5-7,9H,1-4,13H2,(H,14,16). The van der Waals surface area contributed by atoms with Crippen molar-refractivity contribution in [3.63, 3.8) is 0 Å². The first kappa shape index (κ1) is 9.51. The Balaban J connectivity index is 2.25. The summed E-state index contributed by atoms with van der Waals surface area (Å²) in [4.78, 5) is 14.8. The molecule has 0 bridgehead atoms. The van der Waals surface area contributed by atoms with Crippen LogP contribution in [0.5, 0.6) is 0 Å². The van der Waals surface area contributed by atoms with Gasteiger partial charge in [0, 0.05) is 11.7 Å². The Labute approximate surface area is 93.1 Å². The molecular weight excluding hydrogens is 202 g/mol. The second-order valence-corrected chi connectivity index (χ2v) is 4.52. The molecule has 3 rings (SSSR count). The van der Waals surface area contributed by atoms with Crippen molar-refractivity contribution in [2.24, 2.45) is 0 Å². The van der Waals surface area contributed by atoms with Gasteiger partial charge in [-0.3, -0.25) is 4.57 Å².